The maximum atomic E-state index is 13.1. The topological polar surface area (TPSA) is 148 Å². The zero-order chi connectivity index (χ0) is 24.7. The number of carboxylic acid groups (broad SMARTS) is 1. The molecule has 0 aliphatic rings. The Balaban J connectivity index is 2.03. The molecule has 172 valence electrons. The number of aromatic carboxylic acids is 1. The molecule has 0 saturated carbocycles. The van der Waals surface area contributed by atoms with E-state index >= 15 is 0 Å². The van der Waals surface area contributed by atoms with Gasteiger partial charge in [0.2, 0.25) is 0 Å². The van der Waals surface area contributed by atoms with E-state index < -0.39 is 22.7 Å². The largest absolute Gasteiger partial charge is 0.495 e. The fourth-order valence-electron chi connectivity index (χ4n) is 3.00. The number of carbonyl (C=O) groups excluding carboxylic acids is 2. The van der Waals surface area contributed by atoms with E-state index in [9.17, 15) is 29.6 Å². The monoisotopic (exact) mass is 461 g/mol. The van der Waals surface area contributed by atoms with Gasteiger partial charge in [0.05, 0.1) is 28.8 Å². The number of carboxylic acids is 1. The van der Waals surface area contributed by atoms with E-state index in [-0.39, 0.29) is 39.5 Å². The van der Waals surface area contributed by atoms with Crippen molar-refractivity contribution in [1.29, 1.82) is 0 Å². The van der Waals surface area contributed by atoms with Gasteiger partial charge in [0, 0.05) is 11.6 Å². The molecule has 10 heteroatoms. The van der Waals surface area contributed by atoms with Crippen LogP contribution in [0.15, 0.2) is 78.5 Å². The quantitative estimate of drug-likeness (QED) is 0.263. The lowest BCUT2D eigenvalue weighted by molar-refractivity contribution is -0.385. The number of nitrogens with one attached hydrogen (secondary N) is 2. The first kappa shape index (κ1) is 23.7. The zero-order valence-corrected chi connectivity index (χ0v) is 17.8. The van der Waals surface area contributed by atoms with E-state index in [1.807, 2.05) is 0 Å². The maximum Gasteiger partial charge on any atom is 0.335 e. The van der Waals surface area contributed by atoms with E-state index in [1.54, 1.807) is 24.3 Å². The van der Waals surface area contributed by atoms with Crippen molar-refractivity contribution in [3.63, 3.8) is 0 Å². The number of hydrogen-bond donors (Lipinski definition) is 3. The number of nitro benzene ring substituents is 1. The molecule has 3 rings (SSSR count). The Morgan fingerprint density at radius 1 is 0.971 bits per heavy atom. The van der Waals surface area contributed by atoms with Crippen molar-refractivity contribution in [3.05, 3.63) is 105 Å². The molecule has 10 nitrogen and oxygen atoms in total. The molecule has 0 spiro atoms. The SMILES string of the molecule is COc1ccc(C(=O)O)cc1NC(=O)C(=Cc1ccccc1[N+](=O)[O-])NC(=O)c1ccccc1. The highest BCUT2D eigenvalue weighted by Crippen LogP contribution is 2.27. The molecule has 0 radical (unpaired) electrons. The van der Waals surface area contributed by atoms with Crippen LogP contribution in [0.4, 0.5) is 11.4 Å². The number of amides is 2. The zero-order valence-electron chi connectivity index (χ0n) is 17.8. The number of nitrogens with zero attached hydrogens (tertiary/aromatic N) is 1. The molecule has 0 unspecified atom stereocenters. The molecule has 0 bridgehead atoms. The summed E-state index contributed by atoms with van der Waals surface area (Å²) in [6, 6.07) is 17.6. The van der Waals surface area contributed by atoms with Gasteiger partial charge in [-0.1, -0.05) is 30.3 Å². The molecule has 34 heavy (non-hydrogen) atoms. The maximum absolute atomic E-state index is 13.1. The van der Waals surface area contributed by atoms with E-state index in [2.05, 4.69) is 10.6 Å². The standard InChI is InChI=1S/C24H19N3O7/c1-34-21-12-11-17(24(30)31)14-18(21)25-23(29)19(26-22(28)15-7-3-2-4-8-15)13-16-9-5-6-10-20(16)27(32)33/h2-14H,1H3,(H,25,29)(H,26,28)(H,30,31). The van der Waals surface area contributed by atoms with Crippen LogP contribution in [0.25, 0.3) is 6.08 Å². The Hall–Kier alpha value is -4.99. The number of carbonyl (C=O) groups is 3. The van der Waals surface area contributed by atoms with Crippen LogP contribution in [0.1, 0.15) is 26.3 Å². The van der Waals surface area contributed by atoms with Gasteiger partial charge in [0.15, 0.2) is 0 Å². The average molecular weight is 461 g/mol. The van der Waals surface area contributed by atoms with Crippen molar-refractivity contribution in [2.75, 3.05) is 12.4 Å². The summed E-state index contributed by atoms with van der Waals surface area (Å²) in [5.41, 5.74) is -0.298. The van der Waals surface area contributed by atoms with Crippen LogP contribution in [0, 0.1) is 10.1 Å². The normalized spacial score (nSPS) is 10.8. The van der Waals surface area contributed by atoms with Crippen LogP contribution < -0.4 is 15.4 Å². The minimum absolute atomic E-state index is 0.0369. The van der Waals surface area contributed by atoms with Gasteiger partial charge in [0.25, 0.3) is 17.5 Å². The second kappa shape index (κ2) is 10.6. The molecule has 0 atom stereocenters. The predicted molar refractivity (Wildman–Crippen MR) is 124 cm³/mol. The molecule has 3 aromatic rings. The Labute approximate surface area is 193 Å². The Morgan fingerprint density at radius 2 is 1.65 bits per heavy atom. The summed E-state index contributed by atoms with van der Waals surface area (Å²) in [5, 5.41) is 25.6. The number of benzene rings is 3. The van der Waals surface area contributed by atoms with E-state index in [4.69, 9.17) is 4.74 Å². The summed E-state index contributed by atoms with van der Waals surface area (Å²) in [6.45, 7) is 0. The summed E-state index contributed by atoms with van der Waals surface area (Å²) >= 11 is 0. The number of nitro groups is 1. The highest BCUT2D eigenvalue weighted by atomic mass is 16.6. The number of ether oxygens (including phenoxy) is 1. The smallest absolute Gasteiger partial charge is 0.335 e. The lowest BCUT2D eigenvalue weighted by Crippen LogP contribution is -2.31. The molecule has 2 amide bonds. The summed E-state index contributed by atoms with van der Waals surface area (Å²) in [6.07, 6.45) is 1.17. The summed E-state index contributed by atoms with van der Waals surface area (Å²) in [5.74, 6) is -2.50. The van der Waals surface area contributed by atoms with Gasteiger partial charge in [0.1, 0.15) is 11.4 Å². The second-order valence-electron chi connectivity index (χ2n) is 6.87. The first-order valence-corrected chi connectivity index (χ1v) is 9.84. The fourth-order valence-corrected chi connectivity index (χ4v) is 3.00. The summed E-state index contributed by atoms with van der Waals surface area (Å²) < 4.78 is 5.18. The van der Waals surface area contributed by atoms with Gasteiger partial charge in [-0.15, -0.1) is 0 Å². The first-order chi connectivity index (χ1) is 16.3. The van der Waals surface area contributed by atoms with Crippen molar-refractivity contribution in [2.24, 2.45) is 0 Å². The van der Waals surface area contributed by atoms with Gasteiger partial charge in [-0.05, 0) is 42.5 Å². The third-order valence-electron chi connectivity index (χ3n) is 4.66. The molecule has 0 aliphatic carbocycles. The van der Waals surface area contributed by atoms with Crippen LogP contribution in [-0.4, -0.2) is 34.9 Å². The van der Waals surface area contributed by atoms with Crippen LogP contribution >= 0.6 is 0 Å². The van der Waals surface area contributed by atoms with Crippen LogP contribution in [-0.2, 0) is 4.79 Å². The number of anilines is 1. The molecule has 0 fully saturated rings. The van der Waals surface area contributed by atoms with Gasteiger partial charge in [-0.3, -0.25) is 19.7 Å². The minimum atomic E-state index is -1.22. The fraction of sp³-hybridized carbons (Fsp3) is 0.0417. The summed E-state index contributed by atoms with van der Waals surface area (Å²) in [7, 11) is 1.34. The van der Waals surface area contributed by atoms with Crippen molar-refractivity contribution >= 4 is 35.2 Å². The van der Waals surface area contributed by atoms with Gasteiger partial charge < -0.3 is 20.5 Å². The van der Waals surface area contributed by atoms with Gasteiger partial charge >= 0.3 is 5.97 Å². The second-order valence-corrected chi connectivity index (χ2v) is 6.87. The number of hydrogen-bond acceptors (Lipinski definition) is 6. The van der Waals surface area contributed by atoms with Crippen molar-refractivity contribution in [2.45, 2.75) is 0 Å². The van der Waals surface area contributed by atoms with Crippen LogP contribution in [0.2, 0.25) is 0 Å². The van der Waals surface area contributed by atoms with Gasteiger partial charge in [-0.25, -0.2) is 4.79 Å². The van der Waals surface area contributed by atoms with Gasteiger partial charge in [-0.2, -0.15) is 0 Å². The Bertz CT molecular complexity index is 1290. The number of rotatable bonds is 8. The summed E-state index contributed by atoms with van der Waals surface area (Å²) in [4.78, 5) is 48.0. The first-order valence-electron chi connectivity index (χ1n) is 9.84. The molecule has 0 heterocycles. The van der Waals surface area contributed by atoms with Crippen LogP contribution in [0.3, 0.4) is 0 Å². The number of para-hydroxylation sites is 1. The molecular weight excluding hydrogens is 442 g/mol. The lowest BCUT2D eigenvalue weighted by atomic mass is 10.1. The number of methoxy groups -OCH3 is 1. The highest BCUT2D eigenvalue weighted by molar-refractivity contribution is 6.11. The third kappa shape index (κ3) is 5.62. The molecule has 3 aromatic carbocycles. The van der Waals surface area contributed by atoms with Crippen LogP contribution in [0.5, 0.6) is 5.75 Å². The Morgan fingerprint density at radius 3 is 2.29 bits per heavy atom. The third-order valence-corrected chi connectivity index (χ3v) is 4.66. The molecular formula is C24H19N3O7. The predicted octanol–water partition coefficient (Wildman–Crippen LogP) is 3.71. The highest BCUT2D eigenvalue weighted by Gasteiger charge is 2.20. The molecule has 3 N–H and O–H groups in total. The minimum Gasteiger partial charge on any atom is -0.495 e. The lowest BCUT2D eigenvalue weighted by Gasteiger charge is -2.14. The van der Waals surface area contributed by atoms with E-state index in [0.717, 1.165) is 0 Å². The average Bonchev–Trinajstić information content (AvgIpc) is 2.84. The van der Waals surface area contributed by atoms with Crippen molar-refractivity contribution in [1.82, 2.24) is 5.32 Å². The molecule has 0 aromatic heterocycles. The molecule has 0 aliphatic heterocycles. The van der Waals surface area contributed by atoms with E-state index in [1.165, 1.54) is 61.7 Å². The van der Waals surface area contributed by atoms with Crippen molar-refractivity contribution < 1.29 is 29.2 Å². The van der Waals surface area contributed by atoms with Crippen molar-refractivity contribution in [3.8, 4) is 5.75 Å². The van der Waals surface area contributed by atoms with E-state index in [0.29, 0.717) is 0 Å². The molecule has 0 saturated heterocycles. The Kier molecular flexibility index (Phi) is 7.34.